The molecule has 0 radical (unpaired) electrons. The average molecular weight is 319 g/mol. The summed E-state index contributed by atoms with van der Waals surface area (Å²) in [4.78, 5) is 20.6. The molecule has 0 aliphatic rings. The summed E-state index contributed by atoms with van der Waals surface area (Å²) in [6, 6.07) is 10.7. The molecule has 0 saturated carbocycles. The average Bonchev–Trinajstić information content (AvgIpc) is 2.56. The van der Waals surface area contributed by atoms with Crippen LogP contribution in [0.2, 0.25) is 0 Å². The minimum Gasteiger partial charge on any atom is -0.399 e. The fourth-order valence-corrected chi connectivity index (χ4v) is 2.45. The fourth-order valence-electron chi connectivity index (χ4n) is 2.45. The van der Waals surface area contributed by atoms with Crippen molar-refractivity contribution in [3.63, 3.8) is 0 Å². The molecule has 2 aromatic heterocycles. The van der Waals surface area contributed by atoms with E-state index >= 15 is 0 Å². The molecule has 1 amide bonds. The van der Waals surface area contributed by atoms with Crippen molar-refractivity contribution >= 4 is 23.1 Å². The van der Waals surface area contributed by atoms with Crippen LogP contribution >= 0.6 is 0 Å². The van der Waals surface area contributed by atoms with Gasteiger partial charge in [-0.05, 0) is 48.4 Å². The number of anilines is 3. The van der Waals surface area contributed by atoms with Crippen LogP contribution in [0.4, 0.5) is 17.2 Å². The van der Waals surface area contributed by atoms with E-state index in [0.29, 0.717) is 16.9 Å². The minimum atomic E-state index is -0.318. The first-order chi connectivity index (χ1) is 11.5. The predicted molar refractivity (Wildman–Crippen MR) is 95.4 cm³/mol. The number of nitrogens with one attached hydrogen (secondary N) is 1. The first-order valence-corrected chi connectivity index (χ1v) is 7.38. The Labute approximate surface area is 139 Å². The van der Waals surface area contributed by atoms with E-state index in [1.54, 1.807) is 36.8 Å². The van der Waals surface area contributed by atoms with E-state index in [0.717, 1.165) is 16.7 Å². The zero-order valence-electron chi connectivity index (χ0n) is 13.2. The first-order valence-electron chi connectivity index (χ1n) is 7.38. The van der Waals surface area contributed by atoms with E-state index in [1.165, 1.54) is 0 Å². The van der Waals surface area contributed by atoms with Gasteiger partial charge in [0, 0.05) is 35.5 Å². The number of nitrogens with two attached hydrogens (primary N) is 2. The van der Waals surface area contributed by atoms with Crippen LogP contribution in [-0.2, 0) is 0 Å². The SMILES string of the molecule is Cc1cc(N)ccc1-c1cnc(N)c(C(=O)Nc2ccncc2)c1. The largest absolute Gasteiger partial charge is 0.399 e. The van der Waals surface area contributed by atoms with E-state index in [-0.39, 0.29) is 11.7 Å². The van der Waals surface area contributed by atoms with Gasteiger partial charge in [0.2, 0.25) is 0 Å². The van der Waals surface area contributed by atoms with Crippen molar-refractivity contribution in [3.8, 4) is 11.1 Å². The van der Waals surface area contributed by atoms with Crippen molar-refractivity contribution in [2.24, 2.45) is 0 Å². The van der Waals surface area contributed by atoms with Gasteiger partial charge in [0.15, 0.2) is 0 Å². The first kappa shape index (κ1) is 15.5. The van der Waals surface area contributed by atoms with Gasteiger partial charge in [-0.2, -0.15) is 0 Å². The van der Waals surface area contributed by atoms with Crippen LogP contribution < -0.4 is 16.8 Å². The topological polar surface area (TPSA) is 107 Å². The fraction of sp³-hybridized carbons (Fsp3) is 0.0556. The molecule has 1 aromatic carbocycles. The number of carbonyl (C=O) groups is 1. The number of carbonyl (C=O) groups excluding carboxylic acids is 1. The van der Waals surface area contributed by atoms with Crippen molar-refractivity contribution in [1.29, 1.82) is 0 Å². The molecule has 24 heavy (non-hydrogen) atoms. The van der Waals surface area contributed by atoms with E-state index in [2.05, 4.69) is 15.3 Å². The molecule has 3 rings (SSSR count). The highest BCUT2D eigenvalue weighted by atomic mass is 16.1. The predicted octanol–water partition coefficient (Wildman–Crippen LogP) is 2.87. The second kappa shape index (κ2) is 6.37. The number of aromatic nitrogens is 2. The zero-order valence-corrected chi connectivity index (χ0v) is 13.2. The number of rotatable bonds is 3. The van der Waals surface area contributed by atoms with Crippen LogP contribution in [0.3, 0.4) is 0 Å². The van der Waals surface area contributed by atoms with Gasteiger partial charge < -0.3 is 16.8 Å². The number of pyridine rings is 2. The van der Waals surface area contributed by atoms with Crippen molar-refractivity contribution < 1.29 is 4.79 Å². The Kier molecular flexibility index (Phi) is 4.11. The Morgan fingerprint density at radius 3 is 2.54 bits per heavy atom. The zero-order chi connectivity index (χ0) is 17.1. The molecule has 2 heterocycles. The molecule has 0 aliphatic carbocycles. The third-order valence-corrected chi connectivity index (χ3v) is 3.66. The van der Waals surface area contributed by atoms with E-state index in [4.69, 9.17) is 11.5 Å². The maximum Gasteiger partial charge on any atom is 0.259 e. The molecule has 120 valence electrons. The van der Waals surface area contributed by atoms with Gasteiger partial charge in [0.25, 0.3) is 5.91 Å². The summed E-state index contributed by atoms with van der Waals surface area (Å²) in [6.45, 7) is 1.96. The summed E-state index contributed by atoms with van der Waals surface area (Å²) in [5.74, 6) is -0.139. The number of benzene rings is 1. The lowest BCUT2D eigenvalue weighted by Crippen LogP contribution is -2.15. The van der Waals surface area contributed by atoms with E-state index < -0.39 is 0 Å². The van der Waals surface area contributed by atoms with Crippen LogP contribution in [0.5, 0.6) is 0 Å². The van der Waals surface area contributed by atoms with Gasteiger partial charge in [-0.3, -0.25) is 9.78 Å². The van der Waals surface area contributed by atoms with E-state index in [1.807, 2.05) is 25.1 Å². The molecule has 0 bridgehead atoms. The van der Waals surface area contributed by atoms with Gasteiger partial charge in [0.05, 0.1) is 5.56 Å². The third-order valence-electron chi connectivity index (χ3n) is 3.66. The van der Waals surface area contributed by atoms with Crippen LogP contribution in [-0.4, -0.2) is 15.9 Å². The number of hydrogen-bond donors (Lipinski definition) is 3. The highest BCUT2D eigenvalue weighted by molar-refractivity contribution is 6.07. The molecule has 0 unspecified atom stereocenters. The van der Waals surface area contributed by atoms with Crippen molar-refractivity contribution in [2.45, 2.75) is 6.92 Å². The Morgan fingerprint density at radius 2 is 1.83 bits per heavy atom. The Hall–Kier alpha value is -3.41. The summed E-state index contributed by atoms with van der Waals surface area (Å²) < 4.78 is 0. The van der Waals surface area contributed by atoms with Crippen LogP contribution in [0.25, 0.3) is 11.1 Å². The van der Waals surface area contributed by atoms with Crippen LogP contribution in [0.1, 0.15) is 15.9 Å². The molecule has 5 N–H and O–H groups in total. The molecule has 0 spiro atoms. The van der Waals surface area contributed by atoms with Crippen molar-refractivity contribution in [2.75, 3.05) is 16.8 Å². The van der Waals surface area contributed by atoms with Crippen molar-refractivity contribution in [1.82, 2.24) is 9.97 Å². The maximum absolute atomic E-state index is 12.5. The minimum absolute atomic E-state index is 0.179. The lowest BCUT2D eigenvalue weighted by atomic mass is 10.00. The summed E-state index contributed by atoms with van der Waals surface area (Å²) in [7, 11) is 0. The number of aryl methyl sites for hydroxylation is 1. The van der Waals surface area contributed by atoms with Gasteiger partial charge in [-0.25, -0.2) is 4.98 Å². The van der Waals surface area contributed by atoms with Gasteiger partial charge >= 0.3 is 0 Å². The molecule has 0 atom stereocenters. The number of nitrogen functional groups attached to an aromatic ring is 2. The lowest BCUT2D eigenvalue weighted by molar-refractivity contribution is 0.102. The lowest BCUT2D eigenvalue weighted by Gasteiger charge is -2.11. The Bertz CT molecular complexity index is 893. The summed E-state index contributed by atoms with van der Waals surface area (Å²) >= 11 is 0. The molecule has 0 saturated heterocycles. The van der Waals surface area contributed by atoms with Crippen molar-refractivity contribution in [3.05, 3.63) is 66.1 Å². The van der Waals surface area contributed by atoms with Gasteiger partial charge in [-0.1, -0.05) is 6.07 Å². The van der Waals surface area contributed by atoms with Crippen LogP contribution in [0, 0.1) is 6.92 Å². The highest BCUT2D eigenvalue weighted by Gasteiger charge is 2.14. The molecule has 6 nitrogen and oxygen atoms in total. The Balaban J connectivity index is 1.95. The molecule has 3 aromatic rings. The van der Waals surface area contributed by atoms with Gasteiger partial charge in [-0.15, -0.1) is 0 Å². The molecule has 0 aliphatic heterocycles. The maximum atomic E-state index is 12.5. The second-order valence-electron chi connectivity index (χ2n) is 5.42. The molecular formula is C18H17N5O. The molecule has 0 fully saturated rings. The van der Waals surface area contributed by atoms with Crippen LogP contribution in [0.15, 0.2) is 55.0 Å². The monoisotopic (exact) mass is 319 g/mol. The third kappa shape index (κ3) is 3.17. The second-order valence-corrected chi connectivity index (χ2v) is 5.42. The number of amides is 1. The number of hydrogen-bond acceptors (Lipinski definition) is 5. The quantitative estimate of drug-likeness (QED) is 0.643. The highest BCUT2D eigenvalue weighted by Crippen LogP contribution is 2.27. The van der Waals surface area contributed by atoms with Gasteiger partial charge in [0.1, 0.15) is 5.82 Å². The molecular weight excluding hydrogens is 302 g/mol. The normalized spacial score (nSPS) is 10.4. The Morgan fingerprint density at radius 1 is 1.08 bits per heavy atom. The smallest absolute Gasteiger partial charge is 0.259 e. The summed E-state index contributed by atoms with van der Waals surface area (Å²) in [5.41, 5.74) is 16.1. The van der Waals surface area contributed by atoms with E-state index in [9.17, 15) is 4.79 Å². The number of nitrogens with zero attached hydrogens (tertiary/aromatic N) is 2. The standard InChI is InChI=1S/C18H17N5O/c1-11-8-13(19)2-3-15(11)12-9-16(17(20)22-10-12)18(24)23-14-4-6-21-7-5-14/h2-10H,19H2,1H3,(H2,20,22)(H,21,23,24). The summed E-state index contributed by atoms with van der Waals surface area (Å²) in [5, 5.41) is 2.78. The molecule has 6 heteroatoms. The summed E-state index contributed by atoms with van der Waals surface area (Å²) in [6.07, 6.45) is 4.85.